The molecule has 4 heteroatoms. The number of hydrogen-bond acceptors (Lipinski definition) is 3. The Morgan fingerprint density at radius 2 is 1.56 bits per heavy atom. The molecule has 3 rings (SSSR count). The zero-order chi connectivity index (χ0) is 19.4. The summed E-state index contributed by atoms with van der Waals surface area (Å²) in [5.41, 5.74) is 4.72. The smallest absolute Gasteiger partial charge is 0.254 e. The maximum Gasteiger partial charge on any atom is 0.254 e. The molecule has 0 fully saturated rings. The lowest BCUT2D eigenvalue weighted by Gasteiger charge is -2.21. The van der Waals surface area contributed by atoms with Crippen molar-refractivity contribution in [3.05, 3.63) is 77.1 Å². The molecule has 27 heavy (non-hydrogen) atoms. The first-order valence-corrected chi connectivity index (χ1v) is 9.31. The number of Topliss-reactive ketones (excluding diaryl/α,β-unsaturated/α-hetero) is 1. The number of amides is 1. The van der Waals surface area contributed by atoms with Gasteiger partial charge in [-0.15, -0.1) is 0 Å². The van der Waals surface area contributed by atoms with Crippen LogP contribution in [0.4, 0.5) is 0 Å². The lowest BCUT2D eigenvalue weighted by Crippen LogP contribution is -2.33. The lowest BCUT2D eigenvalue weighted by molar-refractivity contribution is -0.127. The SMILES string of the molecule is CCN(CC)C(=O)C1=C(c2ccccc2)CC(c2cccnc2)=C1C(C)=O. The summed E-state index contributed by atoms with van der Waals surface area (Å²) in [6.07, 6.45) is 4.01. The van der Waals surface area contributed by atoms with E-state index in [9.17, 15) is 9.59 Å². The molecule has 0 unspecified atom stereocenters. The van der Waals surface area contributed by atoms with Crippen LogP contribution in [0.25, 0.3) is 11.1 Å². The van der Waals surface area contributed by atoms with Gasteiger partial charge in [0.25, 0.3) is 5.91 Å². The van der Waals surface area contributed by atoms with Crippen LogP contribution in [-0.2, 0) is 9.59 Å². The van der Waals surface area contributed by atoms with Crippen LogP contribution in [0.15, 0.2) is 66.0 Å². The Kier molecular flexibility index (Phi) is 5.65. The van der Waals surface area contributed by atoms with Crippen molar-refractivity contribution in [2.45, 2.75) is 27.2 Å². The lowest BCUT2D eigenvalue weighted by atomic mass is 9.96. The van der Waals surface area contributed by atoms with Gasteiger partial charge in [-0.1, -0.05) is 36.4 Å². The van der Waals surface area contributed by atoms with E-state index in [0.717, 1.165) is 22.3 Å². The van der Waals surface area contributed by atoms with E-state index >= 15 is 0 Å². The molecule has 0 atom stereocenters. The normalized spacial score (nSPS) is 13.9. The van der Waals surface area contributed by atoms with Gasteiger partial charge in [0.15, 0.2) is 5.78 Å². The fraction of sp³-hybridized carbons (Fsp3) is 0.261. The van der Waals surface area contributed by atoms with Crippen LogP contribution in [0, 0.1) is 0 Å². The second-order valence-electron chi connectivity index (χ2n) is 6.53. The zero-order valence-corrected chi connectivity index (χ0v) is 16.0. The van der Waals surface area contributed by atoms with E-state index in [1.807, 2.05) is 56.3 Å². The molecule has 1 aromatic heterocycles. The second-order valence-corrected chi connectivity index (χ2v) is 6.53. The largest absolute Gasteiger partial charge is 0.339 e. The van der Waals surface area contributed by atoms with Gasteiger partial charge in [0, 0.05) is 37.5 Å². The van der Waals surface area contributed by atoms with Crippen molar-refractivity contribution in [1.82, 2.24) is 9.88 Å². The Balaban J connectivity index is 2.23. The first kappa shape index (κ1) is 18.8. The van der Waals surface area contributed by atoms with Gasteiger partial charge < -0.3 is 4.90 Å². The van der Waals surface area contributed by atoms with E-state index in [1.54, 1.807) is 17.3 Å². The van der Waals surface area contributed by atoms with Crippen LogP contribution in [0.1, 0.15) is 38.3 Å². The predicted molar refractivity (Wildman–Crippen MR) is 108 cm³/mol. The molecular formula is C23H24N2O2. The molecule has 1 heterocycles. The fourth-order valence-corrected chi connectivity index (χ4v) is 3.62. The van der Waals surface area contributed by atoms with E-state index in [2.05, 4.69) is 4.98 Å². The third kappa shape index (κ3) is 3.61. The van der Waals surface area contributed by atoms with Gasteiger partial charge in [-0.3, -0.25) is 14.6 Å². The molecule has 0 aliphatic heterocycles. The van der Waals surface area contributed by atoms with Gasteiger partial charge in [-0.05, 0) is 49.1 Å². The van der Waals surface area contributed by atoms with Gasteiger partial charge in [0.2, 0.25) is 0 Å². The number of allylic oxidation sites excluding steroid dienone is 2. The first-order valence-electron chi connectivity index (χ1n) is 9.31. The summed E-state index contributed by atoms with van der Waals surface area (Å²) < 4.78 is 0. The average Bonchev–Trinajstić information content (AvgIpc) is 3.11. The highest BCUT2D eigenvalue weighted by molar-refractivity contribution is 6.23. The van der Waals surface area contributed by atoms with Crippen molar-refractivity contribution in [1.29, 1.82) is 0 Å². The molecule has 1 aliphatic rings. The number of benzene rings is 1. The van der Waals surface area contributed by atoms with Crippen molar-refractivity contribution in [2.75, 3.05) is 13.1 Å². The highest BCUT2D eigenvalue weighted by atomic mass is 16.2. The Bertz CT molecular complexity index is 908. The number of likely N-dealkylation sites (N-methyl/N-ethyl adjacent to an activating group) is 1. The highest BCUT2D eigenvalue weighted by Crippen LogP contribution is 2.43. The zero-order valence-electron chi connectivity index (χ0n) is 16.0. The summed E-state index contributed by atoms with van der Waals surface area (Å²) in [5, 5.41) is 0. The average molecular weight is 360 g/mol. The van der Waals surface area contributed by atoms with Crippen LogP contribution >= 0.6 is 0 Å². The van der Waals surface area contributed by atoms with E-state index in [0.29, 0.717) is 30.7 Å². The Morgan fingerprint density at radius 3 is 2.11 bits per heavy atom. The molecule has 2 aromatic rings. The van der Waals surface area contributed by atoms with Crippen LogP contribution in [-0.4, -0.2) is 34.7 Å². The van der Waals surface area contributed by atoms with Gasteiger partial charge in [0.05, 0.1) is 5.57 Å². The molecule has 1 aliphatic carbocycles. The standard InChI is InChI=1S/C23H24N2O2/c1-4-25(5-2)23(27)22-19(17-10-7-6-8-11-17)14-20(21(22)16(3)26)18-12-9-13-24-15-18/h6-13,15H,4-5,14H2,1-3H3. The summed E-state index contributed by atoms with van der Waals surface area (Å²) in [6.45, 7) is 6.66. The summed E-state index contributed by atoms with van der Waals surface area (Å²) in [5.74, 6) is -0.168. The third-order valence-corrected chi connectivity index (χ3v) is 4.96. The monoisotopic (exact) mass is 360 g/mol. The van der Waals surface area contributed by atoms with Crippen LogP contribution < -0.4 is 0 Å². The quantitative estimate of drug-likeness (QED) is 0.777. The highest BCUT2D eigenvalue weighted by Gasteiger charge is 2.34. The van der Waals surface area contributed by atoms with Crippen molar-refractivity contribution in [2.24, 2.45) is 0 Å². The predicted octanol–water partition coefficient (Wildman–Crippen LogP) is 4.15. The topological polar surface area (TPSA) is 50.3 Å². The molecule has 0 saturated heterocycles. The van der Waals surface area contributed by atoms with Crippen molar-refractivity contribution in [3.8, 4) is 0 Å². The minimum Gasteiger partial charge on any atom is -0.339 e. The van der Waals surface area contributed by atoms with Gasteiger partial charge in [-0.2, -0.15) is 0 Å². The molecule has 4 nitrogen and oxygen atoms in total. The second kappa shape index (κ2) is 8.12. The number of ketones is 1. The molecule has 0 N–H and O–H groups in total. The minimum absolute atomic E-state index is 0.0806. The van der Waals surface area contributed by atoms with E-state index < -0.39 is 0 Å². The van der Waals surface area contributed by atoms with Gasteiger partial charge >= 0.3 is 0 Å². The third-order valence-electron chi connectivity index (χ3n) is 4.96. The number of hydrogen-bond donors (Lipinski definition) is 0. The first-order chi connectivity index (χ1) is 13.1. The molecule has 0 bridgehead atoms. The number of carbonyl (C=O) groups excluding carboxylic acids is 2. The molecule has 1 aromatic carbocycles. The number of rotatable bonds is 6. The Labute approximate surface area is 160 Å². The van der Waals surface area contributed by atoms with E-state index in [1.165, 1.54) is 6.92 Å². The van der Waals surface area contributed by atoms with Gasteiger partial charge in [-0.25, -0.2) is 0 Å². The summed E-state index contributed by atoms with van der Waals surface area (Å²) in [6, 6.07) is 13.6. The molecule has 138 valence electrons. The molecule has 0 saturated carbocycles. The maximum atomic E-state index is 13.3. The summed E-state index contributed by atoms with van der Waals surface area (Å²) in [4.78, 5) is 32.0. The van der Waals surface area contributed by atoms with Crippen LogP contribution in [0.2, 0.25) is 0 Å². The number of pyridine rings is 1. The molecule has 0 spiro atoms. The summed E-state index contributed by atoms with van der Waals surface area (Å²) >= 11 is 0. The van der Waals surface area contributed by atoms with Crippen molar-refractivity contribution in [3.63, 3.8) is 0 Å². The van der Waals surface area contributed by atoms with Crippen molar-refractivity contribution < 1.29 is 9.59 Å². The molecule has 1 amide bonds. The van der Waals surface area contributed by atoms with Gasteiger partial charge in [0.1, 0.15) is 0 Å². The maximum absolute atomic E-state index is 13.3. The fourth-order valence-electron chi connectivity index (χ4n) is 3.62. The van der Waals surface area contributed by atoms with Crippen LogP contribution in [0.5, 0.6) is 0 Å². The van der Waals surface area contributed by atoms with Crippen LogP contribution in [0.3, 0.4) is 0 Å². The number of carbonyl (C=O) groups is 2. The van der Waals surface area contributed by atoms with Crippen molar-refractivity contribution >= 4 is 22.8 Å². The number of aromatic nitrogens is 1. The van der Waals surface area contributed by atoms with E-state index in [-0.39, 0.29) is 11.7 Å². The Morgan fingerprint density at radius 1 is 0.926 bits per heavy atom. The molecule has 0 radical (unpaired) electrons. The van der Waals surface area contributed by atoms with E-state index in [4.69, 9.17) is 0 Å². The Hall–Kier alpha value is -3.01. The number of nitrogens with zero attached hydrogens (tertiary/aromatic N) is 2. The summed E-state index contributed by atoms with van der Waals surface area (Å²) in [7, 11) is 0. The minimum atomic E-state index is -0.0877. The molecular weight excluding hydrogens is 336 g/mol.